The number of hydrogen-bond donors (Lipinski definition) is 1. The molecule has 2 unspecified atom stereocenters. The van der Waals surface area contributed by atoms with E-state index in [0.717, 1.165) is 26.1 Å². The summed E-state index contributed by atoms with van der Waals surface area (Å²) < 4.78 is 6.15. The summed E-state index contributed by atoms with van der Waals surface area (Å²) in [6.07, 6.45) is 1.18. The van der Waals surface area contributed by atoms with Crippen molar-refractivity contribution in [2.24, 2.45) is 0 Å². The zero-order valence-electron chi connectivity index (χ0n) is 15.0. The molecule has 0 aromatic heterocycles. The SMILES string of the molecule is c1ccc(-c2ccccc2CC(c2ccccc2)C2CNCCO2)cc1. The Morgan fingerprint density at radius 3 is 2.27 bits per heavy atom. The van der Waals surface area contributed by atoms with Crippen LogP contribution in [0, 0.1) is 0 Å². The molecule has 2 heteroatoms. The van der Waals surface area contributed by atoms with Crippen molar-refractivity contribution in [3.8, 4) is 11.1 Å². The first-order valence-electron chi connectivity index (χ1n) is 9.42. The molecule has 1 saturated heterocycles. The number of morpholine rings is 1. The Hall–Kier alpha value is -2.42. The highest BCUT2D eigenvalue weighted by atomic mass is 16.5. The summed E-state index contributed by atoms with van der Waals surface area (Å²) in [7, 11) is 0. The summed E-state index contributed by atoms with van der Waals surface area (Å²) in [4.78, 5) is 0. The van der Waals surface area contributed by atoms with Crippen LogP contribution in [0.25, 0.3) is 11.1 Å². The van der Waals surface area contributed by atoms with Crippen molar-refractivity contribution in [1.29, 1.82) is 0 Å². The number of hydrogen-bond acceptors (Lipinski definition) is 2. The molecule has 0 spiro atoms. The topological polar surface area (TPSA) is 21.3 Å². The molecule has 0 amide bonds. The van der Waals surface area contributed by atoms with Gasteiger partial charge < -0.3 is 10.1 Å². The Bertz CT molecular complexity index is 810. The predicted molar refractivity (Wildman–Crippen MR) is 107 cm³/mol. The van der Waals surface area contributed by atoms with Gasteiger partial charge >= 0.3 is 0 Å². The summed E-state index contributed by atoms with van der Waals surface area (Å²) in [6, 6.07) is 30.2. The first-order chi connectivity index (χ1) is 12.9. The van der Waals surface area contributed by atoms with E-state index in [9.17, 15) is 0 Å². The van der Waals surface area contributed by atoms with E-state index >= 15 is 0 Å². The second-order valence-electron chi connectivity index (χ2n) is 6.86. The van der Waals surface area contributed by atoms with Crippen LogP contribution in [0.5, 0.6) is 0 Å². The molecule has 1 N–H and O–H groups in total. The predicted octanol–water partition coefficient (Wildman–Crippen LogP) is 4.67. The van der Waals surface area contributed by atoms with Crippen LogP contribution in [0.15, 0.2) is 84.9 Å². The minimum atomic E-state index is 0.204. The maximum atomic E-state index is 6.15. The molecule has 0 radical (unpaired) electrons. The Kier molecular flexibility index (Phi) is 5.44. The first-order valence-corrected chi connectivity index (χ1v) is 9.42. The maximum absolute atomic E-state index is 6.15. The number of benzene rings is 3. The summed E-state index contributed by atoms with van der Waals surface area (Å²) in [5.41, 5.74) is 5.32. The van der Waals surface area contributed by atoms with E-state index in [1.165, 1.54) is 22.3 Å². The highest BCUT2D eigenvalue weighted by Crippen LogP contribution is 2.32. The van der Waals surface area contributed by atoms with Crippen molar-refractivity contribution < 1.29 is 4.74 Å². The van der Waals surface area contributed by atoms with Crippen LogP contribution in [-0.4, -0.2) is 25.8 Å². The largest absolute Gasteiger partial charge is 0.375 e. The fourth-order valence-corrected chi connectivity index (χ4v) is 3.84. The Morgan fingerprint density at radius 1 is 0.846 bits per heavy atom. The number of rotatable bonds is 5. The minimum Gasteiger partial charge on any atom is -0.375 e. The van der Waals surface area contributed by atoms with Gasteiger partial charge in [-0.05, 0) is 28.7 Å². The van der Waals surface area contributed by atoms with E-state index in [1.807, 2.05) is 0 Å². The normalized spacial score (nSPS) is 18.4. The summed E-state index contributed by atoms with van der Waals surface area (Å²) in [5.74, 6) is 0.342. The van der Waals surface area contributed by atoms with Gasteiger partial charge in [0.05, 0.1) is 12.7 Å². The van der Waals surface area contributed by atoms with Gasteiger partial charge in [0.2, 0.25) is 0 Å². The summed E-state index contributed by atoms with van der Waals surface area (Å²) >= 11 is 0. The lowest BCUT2D eigenvalue weighted by atomic mass is 9.84. The molecule has 1 fully saturated rings. The lowest BCUT2D eigenvalue weighted by Gasteiger charge is -2.32. The molecule has 3 aromatic rings. The van der Waals surface area contributed by atoms with E-state index in [4.69, 9.17) is 4.74 Å². The van der Waals surface area contributed by atoms with Gasteiger partial charge in [0, 0.05) is 19.0 Å². The number of nitrogens with one attached hydrogen (secondary N) is 1. The van der Waals surface area contributed by atoms with Crippen molar-refractivity contribution in [3.05, 3.63) is 96.1 Å². The molecule has 2 atom stereocenters. The van der Waals surface area contributed by atoms with Crippen LogP contribution < -0.4 is 5.32 Å². The van der Waals surface area contributed by atoms with Crippen LogP contribution in [0.2, 0.25) is 0 Å². The molecule has 1 aliphatic heterocycles. The molecule has 132 valence electrons. The third kappa shape index (κ3) is 3.87. The summed E-state index contributed by atoms with van der Waals surface area (Å²) in [6.45, 7) is 2.64. The molecule has 1 heterocycles. The van der Waals surface area contributed by atoms with Gasteiger partial charge in [0.25, 0.3) is 0 Å². The molecule has 26 heavy (non-hydrogen) atoms. The van der Waals surface area contributed by atoms with Gasteiger partial charge in [0.15, 0.2) is 0 Å². The molecule has 0 saturated carbocycles. The number of ether oxygens (including phenoxy) is 1. The van der Waals surface area contributed by atoms with Crippen molar-refractivity contribution in [2.45, 2.75) is 18.4 Å². The summed E-state index contributed by atoms with van der Waals surface area (Å²) in [5, 5.41) is 3.49. The monoisotopic (exact) mass is 343 g/mol. The van der Waals surface area contributed by atoms with Crippen LogP contribution >= 0.6 is 0 Å². The third-order valence-corrected chi connectivity index (χ3v) is 5.17. The van der Waals surface area contributed by atoms with E-state index in [-0.39, 0.29) is 6.10 Å². The van der Waals surface area contributed by atoms with Gasteiger partial charge in [-0.1, -0.05) is 84.9 Å². The van der Waals surface area contributed by atoms with E-state index in [0.29, 0.717) is 5.92 Å². The van der Waals surface area contributed by atoms with Crippen molar-refractivity contribution in [2.75, 3.05) is 19.7 Å². The van der Waals surface area contributed by atoms with Crippen LogP contribution in [0.1, 0.15) is 17.0 Å². The van der Waals surface area contributed by atoms with Crippen molar-refractivity contribution in [3.63, 3.8) is 0 Å². The van der Waals surface area contributed by atoms with Gasteiger partial charge in [-0.25, -0.2) is 0 Å². The van der Waals surface area contributed by atoms with Gasteiger partial charge in [-0.2, -0.15) is 0 Å². The van der Waals surface area contributed by atoms with Gasteiger partial charge in [-0.3, -0.25) is 0 Å². The zero-order valence-corrected chi connectivity index (χ0v) is 15.0. The Balaban J connectivity index is 1.68. The standard InChI is InChI=1S/C24H25NO/c1-3-9-19(10-4-1)22-14-8-7-13-21(22)17-23(20-11-5-2-6-12-20)24-18-25-15-16-26-24/h1-14,23-25H,15-18H2. The van der Waals surface area contributed by atoms with Crippen LogP contribution in [0.4, 0.5) is 0 Å². The fourth-order valence-electron chi connectivity index (χ4n) is 3.84. The second kappa shape index (κ2) is 8.31. The van der Waals surface area contributed by atoms with E-state index in [2.05, 4.69) is 90.2 Å². The fraction of sp³-hybridized carbons (Fsp3) is 0.250. The van der Waals surface area contributed by atoms with Crippen LogP contribution in [0.3, 0.4) is 0 Å². The lowest BCUT2D eigenvalue weighted by Crippen LogP contribution is -2.42. The molecule has 4 rings (SSSR count). The zero-order chi connectivity index (χ0) is 17.6. The average molecular weight is 343 g/mol. The molecular formula is C24H25NO. The van der Waals surface area contributed by atoms with Gasteiger partial charge in [0.1, 0.15) is 0 Å². The van der Waals surface area contributed by atoms with Crippen molar-refractivity contribution >= 4 is 0 Å². The quantitative estimate of drug-likeness (QED) is 0.727. The second-order valence-corrected chi connectivity index (χ2v) is 6.86. The smallest absolute Gasteiger partial charge is 0.0771 e. The molecule has 3 aromatic carbocycles. The highest BCUT2D eigenvalue weighted by Gasteiger charge is 2.26. The average Bonchev–Trinajstić information content (AvgIpc) is 2.74. The maximum Gasteiger partial charge on any atom is 0.0771 e. The third-order valence-electron chi connectivity index (χ3n) is 5.17. The Labute approximate surface area is 155 Å². The van der Waals surface area contributed by atoms with Crippen LogP contribution in [-0.2, 0) is 11.2 Å². The highest BCUT2D eigenvalue weighted by molar-refractivity contribution is 5.67. The Morgan fingerprint density at radius 2 is 1.54 bits per heavy atom. The van der Waals surface area contributed by atoms with Crippen molar-refractivity contribution in [1.82, 2.24) is 5.32 Å². The molecule has 1 aliphatic rings. The van der Waals surface area contributed by atoms with Gasteiger partial charge in [-0.15, -0.1) is 0 Å². The molecule has 2 nitrogen and oxygen atoms in total. The van der Waals surface area contributed by atoms with E-state index < -0.39 is 0 Å². The molecular weight excluding hydrogens is 318 g/mol. The molecule has 0 aliphatic carbocycles. The minimum absolute atomic E-state index is 0.204. The first kappa shape index (κ1) is 17.0. The van der Waals surface area contributed by atoms with E-state index in [1.54, 1.807) is 0 Å². The molecule has 0 bridgehead atoms. The lowest BCUT2D eigenvalue weighted by molar-refractivity contribution is 0.0110.